The van der Waals surface area contributed by atoms with Crippen molar-refractivity contribution in [1.29, 1.82) is 0 Å². The van der Waals surface area contributed by atoms with Crippen LogP contribution >= 0.6 is 0 Å². The number of rotatable bonds is 4. The van der Waals surface area contributed by atoms with E-state index in [1.165, 1.54) is 6.42 Å². The number of benzene rings is 1. The molecule has 1 aromatic rings. The molecule has 0 aromatic heterocycles. The molecule has 0 bridgehead atoms. The van der Waals surface area contributed by atoms with Gasteiger partial charge in [0.1, 0.15) is 0 Å². The van der Waals surface area contributed by atoms with Crippen LogP contribution in [0.2, 0.25) is 0 Å². The summed E-state index contributed by atoms with van der Waals surface area (Å²) in [6.07, 6.45) is 4.34. The van der Waals surface area contributed by atoms with Gasteiger partial charge < -0.3 is 5.43 Å². The monoisotopic (exact) mass is 297 g/mol. The Morgan fingerprint density at radius 2 is 1.80 bits per heavy atom. The van der Waals surface area contributed by atoms with Crippen LogP contribution in [0.15, 0.2) is 29.2 Å². The largest absolute Gasteiger partial charge is 0.324 e. The van der Waals surface area contributed by atoms with Gasteiger partial charge in [-0.15, -0.1) is 0 Å². The molecule has 6 heteroatoms. The fourth-order valence-electron chi connectivity index (χ4n) is 2.90. The highest BCUT2D eigenvalue weighted by Gasteiger charge is 2.32. The number of nitrogen functional groups attached to an aromatic ring is 1. The maximum absolute atomic E-state index is 12.7. The molecule has 1 aliphatic carbocycles. The Morgan fingerprint density at radius 3 is 2.35 bits per heavy atom. The molecule has 3 N–H and O–H groups in total. The number of hydrogen-bond donors (Lipinski definition) is 2. The van der Waals surface area contributed by atoms with E-state index in [0.29, 0.717) is 16.5 Å². The minimum Gasteiger partial charge on any atom is -0.324 e. The van der Waals surface area contributed by atoms with E-state index in [2.05, 4.69) is 12.3 Å². The number of sulfonamides is 1. The van der Waals surface area contributed by atoms with Crippen molar-refractivity contribution >= 4 is 15.7 Å². The average Bonchev–Trinajstić information content (AvgIpc) is 2.47. The van der Waals surface area contributed by atoms with Crippen molar-refractivity contribution in [3.63, 3.8) is 0 Å². The van der Waals surface area contributed by atoms with Gasteiger partial charge in [0.15, 0.2) is 0 Å². The molecule has 0 aliphatic heterocycles. The predicted octanol–water partition coefficient (Wildman–Crippen LogP) is 2.17. The Balaban J connectivity index is 2.23. The van der Waals surface area contributed by atoms with Gasteiger partial charge in [-0.1, -0.05) is 19.8 Å². The van der Waals surface area contributed by atoms with Crippen molar-refractivity contribution in [1.82, 2.24) is 4.31 Å². The summed E-state index contributed by atoms with van der Waals surface area (Å²) in [6, 6.07) is 6.63. The standard InChI is InChI=1S/C14H23N3O2S/c1-11-5-3-4-6-14(11)17(2)20(18,19)13-9-7-12(16-15)8-10-13/h7-11,14,16H,3-6,15H2,1-2H3. The highest BCUT2D eigenvalue weighted by molar-refractivity contribution is 7.89. The van der Waals surface area contributed by atoms with E-state index in [-0.39, 0.29) is 6.04 Å². The van der Waals surface area contributed by atoms with Gasteiger partial charge in [0, 0.05) is 18.8 Å². The molecule has 20 heavy (non-hydrogen) atoms. The average molecular weight is 297 g/mol. The molecule has 0 saturated heterocycles. The predicted molar refractivity (Wildman–Crippen MR) is 80.6 cm³/mol. The molecule has 1 aliphatic rings. The van der Waals surface area contributed by atoms with E-state index in [1.54, 1.807) is 35.6 Å². The second kappa shape index (κ2) is 6.11. The Kier molecular flexibility index (Phi) is 4.67. The SMILES string of the molecule is CC1CCCCC1N(C)S(=O)(=O)c1ccc(NN)cc1. The first-order chi connectivity index (χ1) is 9.46. The molecule has 0 spiro atoms. The van der Waals surface area contributed by atoms with Crippen molar-refractivity contribution in [2.75, 3.05) is 12.5 Å². The van der Waals surface area contributed by atoms with Crippen molar-refractivity contribution in [2.24, 2.45) is 11.8 Å². The highest BCUT2D eigenvalue weighted by Crippen LogP contribution is 2.30. The summed E-state index contributed by atoms with van der Waals surface area (Å²) < 4.78 is 26.8. The maximum atomic E-state index is 12.7. The Morgan fingerprint density at radius 1 is 1.20 bits per heavy atom. The minimum atomic E-state index is -3.43. The summed E-state index contributed by atoms with van der Waals surface area (Å²) in [4.78, 5) is 0.316. The number of hydrogen-bond acceptors (Lipinski definition) is 4. The van der Waals surface area contributed by atoms with Gasteiger partial charge >= 0.3 is 0 Å². The second-order valence-corrected chi connectivity index (χ2v) is 7.52. The van der Waals surface area contributed by atoms with Gasteiger partial charge in [-0.25, -0.2) is 8.42 Å². The third kappa shape index (κ3) is 2.97. The van der Waals surface area contributed by atoms with Gasteiger partial charge in [0.25, 0.3) is 0 Å². The molecule has 0 heterocycles. The Bertz CT molecular complexity index is 542. The summed E-state index contributed by atoms with van der Waals surface area (Å²) in [5, 5.41) is 0. The van der Waals surface area contributed by atoms with E-state index < -0.39 is 10.0 Å². The van der Waals surface area contributed by atoms with Crippen molar-refractivity contribution in [3.05, 3.63) is 24.3 Å². The molecule has 1 fully saturated rings. The molecule has 1 saturated carbocycles. The van der Waals surface area contributed by atoms with Crippen LogP contribution in [0.4, 0.5) is 5.69 Å². The molecule has 2 atom stereocenters. The fraction of sp³-hybridized carbons (Fsp3) is 0.571. The quantitative estimate of drug-likeness (QED) is 0.660. The number of nitrogens with one attached hydrogen (secondary N) is 1. The smallest absolute Gasteiger partial charge is 0.243 e. The molecular weight excluding hydrogens is 274 g/mol. The van der Waals surface area contributed by atoms with Crippen LogP contribution in [0.5, 0.6) is 0 Å². The third-order valence-corrected chi connectivity index (χ3v) is 6.13. The number of nitrogens with zero attached hydrogens (tertiary/aromatic N) is 1. The van der Waals surface area contributed by atoms with Crippen molar-refractivity contribution in [3.8, 4) is 0 Å². The van der Waals surface area contributed by atoms with Gasteiger partial charge in [0.2, 0.25) is 10.0 Å². The Hall–Kier alpha value is -1.11. The normalized spacial score (nSPS) is 23.8. The first-order valence-electron chi connectivity index (χ1n) is 7.01. The molecule has 112 valence electrons. The van der Waals surface area contributed by atoms with Crippen molar-refractivity contribution < 1.29 is 8.42 Å². The lowest BCUT2D eigenvalue weighted by Crippen LogP contribution is -2.42. The molecule has 1 aromatic carbocycles. The van der Waals surface area contributed by atoms with Gasteiger partial charge in [-0.05, 0) is 43.0 Å². The Labute approximate surface area is 121 Å². The summed E-state index contributed by atoms with van der Waals surface area (Å²) in [5.41, 5.74) is 3.19. The van der Waals surface area contributed by atoms with E-state index >= 15 is 0 Å². The third-order valence-electron chi connectivity index (χ3n) is 4.23. The van der Waals surface area contributed by atoms with Crippen LogP contribution in [0.3, 0.4) is 0 Å². The van der Waals surface area contributed by atoms with Gasteiger partial charge in [-0.2, -0.15) is 4.31 Å². The first kappa shape index (κ1) is 15.3. The summed E-state index contributed by atoms with van der Waals surface area (Å²) in [5.74, 6) is 5.70. The second-order valence-electron chi connectivity index (χ2n) is 5.52. The molecule has 2 rings (SSSR count). The van der Waals surface area contributed by atoms with Gasteiger partial charge in [-0.3, -0.25) is 5.84 Å². The van der Waals surface area contributed by atoms with E-state index in [4.69, 9.17) is 5.84 Å². The lowest BCUT2D eigenvalue weighted by atomic mass is 9.86. The summed E-state index contributed by atoms with van der Waals surface area (Å²) in [7, 11) is -1.74. The van der Waals surface area contributed by atoms with Crippen LogP contribution in [-0.4, -0.2) is 25.8 Å². The highest BCUT2D eigenvalue weighted by atomic mass is 32.2. The number of nitrogens with two attached hydrogens (primary N) is 1. The molecule has 5 nitrogen and oxygen atoms in total. The van der Waals surface area contributed by atoms with Crippen LogP contribution in [0.25, 0.3) is 0 Å². The topological polar surface area (TPSA) is 75.4 Å². The fourth-order valence-corrected chi connectivity index (χ4v) is 4.39. The summed E-state index contributed by atoms with van der Waals surface area (Å²) in [6.45, 7) is 2.14. The zero-order valence-electron chi connectivity index (χ0n) is 12.0. The van der Waals surface area contributed by atoms with Crippen LogP contribution in [0, 0.1) is 5.92 Å². The minimum absolute atomic E-state index is 0.0982. The maximum Gasteiger partial charge on any atom is 0.243 e. The van der Waals surface area contributed by atoms with E-state index in [0.717, 1.165) is 19.3 Å². The van der Waals surface area contributed by atoms with Gasteiger partial charge in [0.05, 0.1) is 4.90 Å². The summed E-state index contributed by atoms with van der Waals surface area (Å²) >= 11 is 0. The number of anilines is 1. The lowest BCUT2D eigenvalue weighted by molar-refractivity contribution is 0.213. The van der Waals surface area contributed by atoms with Crippen LogP contribution in [0.1, 0.15) is 32.6 Å². The molecule has 0 radical (unpaired) electrons. The van der Waals surface area contributed by atoms with E-state index in [1.807, 2.05) is 0 Å². The lowest BCUT2D eigenvalue weighted by Gasteiger charge is -2.35. The molecule has 2 unspecified atom stereocenters. The van der Waals surface area contributed by atoms with E-state index in [9.17, 15) is 8.42 Å². The number of hydrazine groups is 1. The molecule has 0 amide bonds. The first-order valence-corrected chi connectivity index (χ1v) is 8.45. The van der Waals surface area contributed by atoms with Crippen LogP contribution < -0.4 is 11.3 Å². The molecular formula is C14H23N3O2S. The van der Waals surface area contributed by atoms with Crippen LogP contribution in [-0.2, 0) is 10.0 Å². The zero-order chi connectivity index (χ0) is 14.8. The zero-order valence-corrected chi connectivity index (χ0v) is 12.9. The van der Waals surface area contributed by atoms with Crippen molar-refractivity contribution in [2.45, 2.75) is 43.5 Å².